The van der Waals surface area contributed by atoms with Crippen LogP contribution in [0.15, 0.2) is 18.2 Å². The fourth-order valence-electron chi connectivity index (χ4n) is 1.92. The van der Waals surface area contributed by atoms with Crippen molar-refractivity contribution >= 4 is 11.6 Å². The Bertz CT molecular complexity index is 434. The summed E-state index contributed by atoms with van der Waals surface area (Å²) in [6, 6.07) is 6.15. The van der Waals surface area contributed by atoms with Crippen molar-refractivity contribution in [1.82, 2.24) is 0 Å². The molecule has 0 saturated carbocycles. The summed E-state index contributed by atoms with van der Waals surface area (Å²) in [6.07, 6.45) is 7.54. The normalized spacial score (nSPS) is 11.7. The Balaban J connectivity index is 2.96. The van der Waals surface area contributed by atoms with Gasteiger partial charge in [0.1, 0.15) is 0 Å². The van der Waals surface area contributed by atoms with Crippen molar-refractivity contribution in [3.8, 4) is 12.3 Å². The maximum absolute atomic E-state index is 12.0. The third kappa shape index (κ3) is 3.37. The summed E-state index contributed by atoms with van der Waals surface area (Å²) in [5.74, 6) is 2.39. The van der Waals surface area contributed by atoms with Crippen molar-refractivity contribution in [1.29, 1.82) is 0 Å². The van der Waals surface area contributed by atoms with E-state index in [1.54, 1.807) is 0 Å². The molecule has 0 aliphatic carbocycles. The third-order valence-corrected chi connectivity index (χ3v) is 3.12. The number of benzene rings is 1. The first-order chi connectivity index (χ1) is 8.63. The van der Waals surface area contributed by atoms with Crippen molar-refractivity contribution in [3.63, 3.8) is 0 Å². The van der Waals surface area contributed by atoms with Crippen LogP contribution in [0.4, 0.5) is 5.69 Å². The highest BCUT2D eigenvalue weighted by atomic mass is 16.1. The van der Waals surface area contributed by atoms with E-state index in [9.17, 15) is 4.79 Å². The Morgan fingerprint density at radius 2 is 1.89 bits per heavy atom. The van der Waals surface area contributed by atoms with E-state index in [0.29, 0.717) is 6.42 Å². The summed E-state index contributed by atoms with van der Waals surface area (Å²) < 4.78 is 0. The smallest absolute Gasteiger partial charge is 0.228 e. The second-order valence-electron chi connectivity index (χ2n) is 4.46. The SMILES string of the molecule is C#CCC(C)C(=O)Nc1c(CC)cccc1CC. The van der Waals surface area contributed by atoms with Gasteiger partial charge in [-0.1, -0.05) is 39.0 Å². The quantitative estimate of drug-likeness (QED) is 0.789. The number of amides is 1. The fraction of sp³-hybridized carbons (Fsp3) is 0.438. The predicted octanol–water partition coefficient (Wildman–Crippen LogP) is 3.41. The van der Waals surface area contributed by atoms with Crippen molar-refractivity contribution in [2.24, 2.45) is 5.92 Å². The molecule has 1 amide bonds. The first kappa shape index (κ1) is 14.3. The number of anilines is 1. The highest BCUT2D eigenvalue weighted by Gasteiger charge is 2.15. The van der Waals surface area contributed by atoms with Gasteiger partial charge in [0.05, 0.1) is 0 Å². The molecular weight excluding hydrogens is 222 g/mol. The highest BCUT2D eigenvalue weighted by molar-refractivity contribution is 5.94. The molecule has 2 heteroatoms. The van der Waals surface area contributed by atoms with Gasteiger partial charge in [-0.2, -0.15) is 0 Å². The molecule has 1 aromatic carbocycles. The summed E-state index contributed by atoms with van der Waals surface area (Å²) in [7, 11) is 0. The zero-order valence-corrected chi connectivity index (χ0v) is 11.4. The Kier molecular flexibility index (Phi) is 5.45. The molecule has 1 atom stereocenters. The zero-order chi connectivity index (χ0) is 13.5. The van der Waals surface area contributed by atoms with Gasteiger partial charge in [0.15, 0.2) is 0 Å². The summed E-state index contributed by atoms with van der Waals surface area (Å²) in [4.78, 5) is 12.0. The van der Waals surface area contributed by atoms with Gasteiger partial charge in [0, 0.05) is 18.0 Å². The molecule has 1 N–H and O–H groups in total. The summed E-state index contributed by atoms with van der Waals surface area (Å²) in [6.45, 7) is 6.04. The van der Waals surface area contributed by atoms with Crippen LogP contribution in [0.2, 0.25) is 0 Å². The van der Waals surface area contributed by atoms with E-state index in [2.05, 4.69) is 37.2 Å². The minimum Gasteiger partial charge on any atom is -0.325 e. The van der Waals surface area contributed by atoms with Crippen molar-refractivity contribution in [3.05, 3.63) is 29.3 Å². The Morgan fingerprint density at radius 3 is 2.33 bits per heavy atom. The van der Waals surface area contributed by atoms with E-state index >= 15 is 0 Å². The molecule has 0 radical (unpaired) electrons. The van der Waals surface area contributed by atoms with E-state index in [1.807, 2.05) is 13.0 Å². The Labute approximate surface area is 110 Å². The van der Waals surface area contributed by atoms with Gasteiger partial charge in [0.2, 0.25) is 5.91 Å². The predicted molar refractivity (Wildman–Crippen MR) is 76.4 cm³/mol. The lowest BCUT2D eigenvalue weighted by molar-refractivity contribution is -0.119. The van der Waals surface area contributed by atoms with Gasteiger partial charge in [-0.15, -0.1) is 12.3 Å². The van der Waals surface area contributed by atoms with Crippen molar-refractivity contribution < 1.29 is 4.79 Å². The van der Waals surface area contributed by atoms with E-state index in [1.165, 1.54) is 11.1 Å². The van der Waals surface area contributed by atoms with Crippen LogP contribution in [-0.2, 0) is 17.6 Å². The molecule has 0 fully saturated rings. The third-order valence-electron chi connectivity index (χ3n) is 3.12. The van der Waals surface area contributed by atoms with Crippen LogP contribution < -0.4 is 5.32 Å². The number of hydrogen-bond donors (Lipinski definition) is 1. The molecule has 0 aromatic heterocycles. The van der Waals surface area contributed by atoms with Gasteiger partial charge in [-0.25, -0.2) is 0 Å². The van der Waals surface area contributed by atoms with E-state index in [4.69, 9.17) is 6.42 Å². The number of nitrogens with one attached hydrogen (secondary N) is 1. The molecule has 2 nitrogen and oxygen atoms in total. The van der Waals surface area contributed by atoms with E-state index in [-0.39, 0.29) is 11.8 Å². The number of carbonyl (C=O) groups excluding carboxylic acids is 1. The minimum absolute atomic E-state index is 0.00329. The van der Waals surface area contributed by atoms with Gasteiger partial charge in [0.25, 0.3) is 0 Å². The first-order valence-electron chi connectivity index (χ1n) is 6.49. The van der Waals surface area contributed by atoms with Crippen LogP contribution in [0.5, 0.6) is 0 Å². The molecule has 1 rings (SSSR count). The number of carbonyl (C=O) groups is 1. The minimum atomic E-state index is -0.149. The maximum Gasteiger partial charge on any atom is 0.228 e. The van der Waals surface area contributed by atoms with Crippen LogP contribution in [0.1, 0.15) is 38.3 Å². The largest absolute Gasteiger partial charge is 0.325 e. The molecule has 0 spiro atoms. The van der Waals surface area contributed by atoms with Crippen LogP contribution in [-0.4, -0.2) is 5.91 Å². The van der Waals surface area contributed by atoms with Gasteiger partial charge >= 0.3 is 0 Å². The molecular formula is C16H21NO. The maximum atomic E-state index is 12.0. The topological polar surface area (TPSA) is 29.1 Å². The lowest BCUT2D eigenvalue weighted by Gasteiger charge is -2.16. The summed E-state index contributed by atoms with van der Waals surface area (Å²) >= 11 is 0. The number of rotatable bonds is 5. The number of aryl methyl sites for hydroxylation is 2. The molecule has 0 aliphatic rings. The molecule has 0 aliphatic heterocycles. The molecule has 1 unspecified atom stereocenters. The van der Waals surface area contributed by atoms with Crippen LogP contribution in [0, 0.1) is 18.3 Å². The number of hydrogen-bond acceptors (Lipinski definition) is 1. The second kappa shape index (κ2) is 6.86. The Hall–Kier alpha value is -1.75. The number of terminal acetylenes is 1. The molecule has 0 bridgehead atoms. The molecule has 18 heavy (non-hydrogen) atoms. The van der Waals surface area contributed by atoms with Crippen LogP contribution in [0.3, 0.4) is 0 Å². The second-order valence-corrected chi connectivity index (χ2v) is 4.46. The highest BCUT2D eigenvalue weighted by Crippen LogP contribution is 2.23. The summed E-state index contributed by atoms with van der Waals surface area (Å²) in [5, 5.41) is 3.03. The molecule has 96 valence electrons. The average Bonchev–Trinajstić information content (AvgIpc) is 2.39. The van der Waals surface area contributed by atoms with Crippen LogP contribution in [0.25, 0.3) is 0 Å². The van der Waals surface area contributed by atoms with Gasteiger partial charge in [-0.05, 0) is 24.0 Å². The first-order valence-corrected chi connectivity index (χ1v) is 6.49. The van der Waals surface area contributed by atoms with Gasteiger partial charge < -0.3 is 5.32 Å². The molecule has 1 aromatic rings. The lowest BCUT2D eigenvalue weighted by Crippen LogP contribution is -2.21. The zero-order valence-electron chi connectivity index (χ0n) is 11.4. The van der Waals surface area contributed by atoms with Gasteiger partial charge in [-0.3, -0.25) is 4.79 Å². The van der Waals surface area contributed by atoms with Crippen molar-refractivity contribution in [2.45, 2.75) is 40.0 Å². The molecule has 0 saturated heterocycles. The van der Waals surface area contributed by atoms with Crippen LogP contribution >= 0.6 is 0 Å². The monoisotopic (exact) mass is 243 g/mol. The lowest BCUT2D eigenvalue weighted by atomic mass is 10.0. The van der Waals surface area contributed by atoms with E-state index < -0.39 is 0 Å². The number of para-hydroxylation sites is 1. The Morgan fingerprint density at radius 1 is 1.33 bits per heavy atom. The standard InChI is InChI=1S/C16H21NO/c1-5-9-12(4)16(18)17-15-13(6-2)10-8-11-14(15)7-3/h1,8,10-12H,6-7,9H2,2-4H3,(H,17,18). The summed E-state index contributed by atoms with van der Waals surface area (Å²) in [5.41, 5.74) is 3.32. The van der Waals surface area contributed by atoms with E-state index in [0.717, 1.165) is 18.5 Å². The molecule has 0 heterocycles. The van der Waals surface area contributed by atoms with Crippen molar-refractivity contribution in [2.75, 3.05) is 5.32 Å². The average molecular weight is 243 g/mol. The fourth-order valence-corrected chi connectivity index (χ4v) is 1.92.